The van der Waals surface area contributed by atoms with Gasteiger partial charge < -0.3 is 0 Å². The van der Waals surface area contributed by atoms with Gasteiger partial charge in [-0.05, 0) is 5.56 Å². The molecular formula is C8H5BrOS. The van der Waals surface area contributed by atoms with Crippen LogP contribution in [0.5, 0.6) is 0 Å². The third-order valence-electron chi connectivity index (χ3n) is 1.64. The monoisotopic (exact) mass is 228 g/mol. The zero-order valence-electron chi connectivity index (χ0n) is 5.58. The van der Waals surface area contributed by atoms with Crippen molar-refractivity contribution in [2.24, 2.45) is 0 Å². The lowest BCUT2D eigenvalue weighted by molar-refractivity contribution is 0.109. The van der Waals surface area contributed by atoms with Gasteiger partial charge in [0.15, 0.2) is 0 Å². The van der Waals surface area contributed by atoms with E-state index in [1.54, 1.807) is 0 Å². The first kappa shape index (κ1) is 7.37. The van der Waals surface area contributed by atoms with Crippen molar-refractivity contribution < 1.29 is 4.79 Å². The molecule has 1 nitrogen and oxygen atoms in total. The van der Waals surface area contributed by atoms with Gasteiger partial charge in [-0.3, -0.25) is 4.79 Å². The van der Waals surface area contributed by atoms with Crippen LogP contribution in [-0.4, -0.2) is 5.12 Å². The van der Waals surface area contributed by atoms with Gasteiger partial charge in [-0.15, -0.1) is 0 Å². The zero-order valence-corrected chi connectivity index (χ0v) is 7.98. The molecule has 0 aromatic heterocycles. The van der Waals surface area contributed by atoms with Crippen molar-refractivity contribution in [3.63, 3.8) is 0 Å². The highest BCUT2D eigenvalue weighted by Crippen LogP contribution is 2.45. The van der Waals surface area contributed by atoms with Crippen molar-refractivity contribution in [3.8, 4) is 0 Å². The molecule has 0 saturated carbocycles. The summed E-state index contributed by atoms with van der Waals surface area (Å²) >= 11 is 4.75. The van der Waals surface area contributed by atoms with Gasteiger partial charge in [0.1, 0.15) is 0 Å². The highest BCUT2D eigenvalue weighted by atomic mass is 79.9. The number of hydrogen-bond acceptors (Lipinski definition) is 2. The molecule has 1 aliphatic heterocycles. The number of carbonyl (C=O) groups is 1. The van der Waals surface area contributed by atoms with E-state index < -0.39 is 0 Å². The number of thioether (sulfide) groups is 1. The molecule has 0 amide bonds. The van der Waals surface area contributed by atoms with Crippen molar-refractivity contribution in [2.75, 3.05) is 0 Å². The Morgan fingerprint density at radius 3 is 2.82 bits per heavy atom. The van der Waals surface area contributed by atoms with E-state index in [2.05, 4.69) is 15.9 Å². The highest BCUT2D eigenvalue weighted by molar-refractivity contribution is 9.11. The minimum Gasteiger partial charge on any atom is -0.282 e. The van der Waals surface area contributed by atoms with E-state index in [1.165, 1.54) is 11.8 Å². The number of halogens is 1. The fraction of sp³-hybridized carbons (Fsp3) is 0.125. The summed E-state index contributed by atoms with van der Waals surface area (Å²) in [5.41, 5.74) is 1.95. The van der Waals surface area contributed by atoms with Gasteiger partial charge in [0.2, 0.25) is 5.12 Å². The Morgan fingerprint density at radius 2 is 2.09 bits per heavy atom. The predicted molar refractivity (Wildman–Crippen MR) is 50.0 cm³/mol. The van der Waals surface area contributed by atoms with Gasteiger partial charge in [-0.1, -0.05) is 52.0 Å². The SMILES string of the molecule is O=C1SC(Br)c2ccccc21. The lowest BCUT2D eigenvalue weighted by Gasteiger charge is -1.96. The van der Waals surface area contributed by atoms with Crippen LogP contribution in [-0.2, 0) is 0 Å². The Bertz CT molecular complexity index is 311. The first-order valence-corrected chi connectivity index (χ1v) is 5.02. The smallest absolute Gasteiger partial charge is 0.221 e. The summed E-state index contributed by atoms with van der Waals surface area (Å²) in [6.45, 7) is 0. The topological polar surface area (TPSA) is 17.1 Å². The summed E-state index contributed by atoms with van der Waals surface area (Å²) in [4.78, 5) is 11.2. The van der Waals surface area contributed by atoms with E-state index in [1.807, 2.05) is 24.3 Å². The minimum absolute atomic E-state index is 0.159. The third kappa shape index (κ3) is 1.12. The Kier molecular flexibility index (Phi) is 1.77. The predicted octanol–water partition coefficient (Wildman–Crippen LogP) is 2.97. The second-order valence-electron chi connectivity index (χ2n) is 2.31. The van der Waals surface area contributed by atoms with E-state index in [4.69, 9.17) is 0 Å². The number of hydrogen-bond donors (Lipinski definition) is 0. The standard InChI is InChI=1S/C8H5BrOS/c9-7-5-3-1-2-4-6(5)8(10)11-7/h1-4,7H. The summed E-state index contributed by atoms with van der Waals surface area (Å²) in [6.07, 6.45) is 0. The van der Waals surface area contributed by atoms with Crippen molar-refractivity contribution in [1.29, 1.82) is 0 Å². The second kappa shape index (κ2) is 2.64. The molecule has 1 aliphatic rings. The van der Waals surface area contributed by atoms with Crippen molar-refractivity contribution in [3.05, 3.63) is 35.4 Å². The van der Waals surface area contributed by atoms with E-state index in [0.717, 1.165) is 11.1 Å². The first-order valence-electron chi connectivity index (χ1n) is 3.23. The molecule has 0 bridgehead atoms. The van der Waals surface area contributed by atoms with Crippen LogP contribution in [0.1, 0.15) is 20.1 Å². The first-order chi connectivity index (χ1) is 5.29. The highest BCUT2D eigenvalue weighted by Gasteiger charge is 2.27. The van der Waals surface area contributed by atoms with Crippen LogP contribution < -0.4 is 0 Å². The quantitative estimate of drug-likeness (QED) is 0.636. The van der Waals surface area contributed by atoms with Gasteiger partial charge in [0.05, 0.1) is 4.16 Å². The van der Waals surface area contributed by atoms with E-state index in [0.29, 0.717) is 0 Å². The molecule has 1 heterocycles. The minimum atomic E-state index is 0.159. The Morgan fingerprint density at radius 1 is 1.36 bits per heavy atom. The number of fused-ring (bicyclic) bond motifs is 1. The number of rotatable bonds is 0. The lowest BCUT2D eigenvalue weighted by atomic mass is 10.1. The number of alkyl halides is 1. The Labute approximate surface area is 77.3 Å². The molecule has 2 rings (SSSR count). The summed E-state index contributed by atoms with van der Waals surface area (Å²) in [6, 6.07) is 7.69. The summed E-state index contributed by atoms with van der Waals surface area (Å²) in [5, 5.41) is 0.169. The molecule has 1 aromatic rings. The molecule has 0 fully saturated rings. The number of benzene rings is 1. The van der Waals surface area contributed by atoms with E-state index >= 15 is 0 Å². The van der Waals surface area contributed by atoms with Crippen LogP contribution in [0.2, 0.25) is 0 Å². The van der Waals surface area contributed by atoms with Crippen LogP contribution >= 0.6 is 27.7 Å². The Balaban J connectivity index is 2.60. The van der Waals surface area contributed by atoms with Gasteiger partial charge in [-0.25, -0.2) is 0 Å². The van der Waals surface area contributed by atoms with Crippen LogP contribution in [0, 0.1) is 0 Å². The summed E-state index contributed by atoms with van der Waals surface area (Å²) in [7, 11) is 0. The molecule has 0 spiro atoms. The summed E-state index contributed by atoms with van der Waals surface area (Å²) < 4.78 is 0.159. The zero-order chi connectivity index (χ0) is 7.84. The van der Waals surface area contributed by atoms with Gasteiger partial charge in [0.25, 0.3) is 0 Å². The fourth-order valence-corrected chi connectivity index (χ4v) is 2.84. The van der Waals surface area contributed by atoms with E-state index in [-0.39, 0.29) is 9.27 Å². The van der Waals surface area contributed by atoms with Crippen LogP contribution in [0.25, 0.3) is 0 Å². The van der Waals surface area contributed by atoms with Gasteiger partial charge in [-0.2, -0.15) is 0 Å². The average Bonchev–Trinajstić information content (AvgIpc) is 2.30. The molecular weight excluding hydrogens is 224 g/mol. The van der Waals surface area contributed by atoms with Crippen LogP contribution in [0.3, 0.4) is 0 Å². The molecule has 3 heteroatoms. The van der Waals surface area contributed by atoms with Crippen LogP contribution in [0.15, 0.2) is 24.3 Å². The van der Waals surface area contributed by atoms with Crippen molar-refractivity contribution in [2.45, 2.75) is 4.16 Å². The van der Waals surface area contributed by atoms with Crippen molar-refractivity contribution >= 4 is 32.8 Å². The lowest BCUT2D eigenvalue weighted by Crippen LogP contribution is -1.86. The molecule has 0 radical (unpaired) electrons. The van der Waals surface area contributed by atoms with E-state index in [9.17, 15) is 4.79 Å². The molecule has 0 N–H and O–H groups in total. The maximum Gasteiger partial charge on any atom is 0.221 e. The third-order valence-corrected chi connectivity index (χ3v) is 3.58. The maximum atomic E-state index is 11.2. The normalized spacial score (nSPS) is 21.9. The summed E-state index contributed by atoms with van der Waals surface area (Å²) in [5.74, 6) is 0. The molecule has 0 saturated heterocycles. The fourth-order valence-electron chi connectivity index (χ4n) is 1.10. The maximum absolute atomic E-state index is 11.2. The molecule has 1 atom stereocenters. The average molecular weight is 229 g/mol. The van der Waals surface area contributed by atoms with Gasteiger partial charge >= 0.3 is 0 Å². The van der Waals surface area contributed by atoms with Crippen molar-refractivity contribution in [1.82, 2.24) is 0 Å². The molecule has 1 unspecified atom stereocenters. The Hall–Kier alpha value is -0.280. The number of carbonyl (C=O) groups excluding carboxylic acids is 1. The molecule has 0 aliphatic carbocycles. The molecule has 1 aromatic carbocycles. The molecule has 11 heavy (non-hydrogen) atoms. The second-order valence-corrected chi connectivity index (χ2v) is 4.91. The van der Waals surface area contributed by atoms with Crippen LogP contribution in [0.4, 0.5) is 0 Å². The largest absolute Gasteiger partial charge is 0.282 e. The van der Waals surface area contributed by atoms with Gasteiger partial charge in [0, 0.05) is 5.56 Å². The molecule has 56 valence electrons.